The summed E-state index contributed by atoms with van der Waals surface area (Å²) in [6.45, 7) is 1.68. The highest BCUT2D eigenvalue weighted by molar-refractivity contribution is 6.02. The highest BCUT2D eigenvalue weighted by Gasteiger charge is 2.20. The molecule has 31 heavy (non-hydrogen) atoms. The second-order valence-corrected chi connectivity index (χ2v) is 6.44. The molecule has 0 saturated carbocycles. The maximum absolute atomic E-state index is 13.1. The lowest BCUT2D eigenvalue weighted by Gasteiger charge is -2.07. The molecule has 2 N–H and O–H groups in total. The summed E-state index contributed by atoms with van der Waals surface area (Å²) in [5.74, 6) is 0.737. The normalized spacial score (nSPS) is 10.7. The van der Waals surface area contributed by atoms with Crippen molar-refractivity contribution in [2.75, 3.05) is 19.5 Å². The lowest BCUT2D eigenvalue weighted by molar-refractivity contribution is 0.102. The molecule has 158 valence electrons. The number of aromatic nitrogens is 6. The zero-order valence-electron chi connectivity index (χ0n) is 16.9. The van der Waals surface area contributed by atoms with E-state index < -0.39 is 5.91 Å². The van der Waals surface area contributed by atoms with Gasteiger partial charge in [-0.15, -0.1) is 10.2 Å². The Morgan fingerprint density at radius 2 is 1.90 bits per heavy atom. The summed E-state index contributed by atoms with van der Waals surface area (Å²) in [5.41, 5.74) is 1.81. The number of methoxy groups -OCH3 is 2. The number of carbonyl (C=O) groups excluding carboxylic acids is 1. The van der Waals surface area contributed by atoms with E-state index in [1.165, 1.54) is 23.9 Å². The minimum atomic E-state index is -0.530. The van der Waals surface area contributed by atoms with Gasteiger partial charge in [-0.2, -0.15) is 4.98 Å². The number of aromatic amines is 1. The maximum atomic E-state index is 13.1. The predicted molar refractivity (Wildman–Crippen MR) is 109 cm³/mol. The summed E-state index contributed by atoms with van der Waals surface area (Å²) in [6.07, 6.45) is 0. The molecule has 11 heteroatoms. The van der Waals surface area contributed by atoms with Gasteiger partial charge in [0.1, 0.15) is 17.3 Å². The van der Waals surface area contributed by atoms with Gasteiger partial charge in [-0.3, -0.25) is 15.2 Å². The van der Waals surface area contributed by atoms with Crippen LogP contribution < -0.4 is 14.8 Å². The minimum Gasteiger partial charge on any atom is -0.497 e. The molecule has 2 aromatic heterocycles. The second kappa shape index (κ2) is 8.22. The molecule has 0 aliphatic carbocycles. The van der Waals surface area contributed by atoms with Crippen LogP contribution in [0.15, 0.2) is 42.5 Å². The number of hydrogen-bond donors (Lipinski definition) is 2. The number of benzene rings is 2. The summed E-state index contributed by atoms with van der Waals surface area (Å²) >= 11 is 0. The van der Waals surface area contributed by atoms with E-state index in [2.05, 4.69) is 30.8 Å². The van der Waals surface area contributed by atoms with Gasteiger partial charge >= 0.3 is 0 Å². The van der Waals surface area contributed by atoms with Gasteiger partial charge in [0.2, 0.25) is 5.95 Å². The average Bonchev–Trinajstić information content (AvgIpc) is 3.40. The number of nitrogens with one attached hydrogen (secondary N) is 2. The second-order valence-electron chi connectivity index (χ2n) is 6.44. The van der Waals surface area contributed by atoms with E-state index in [0.29, 0.717) is 34.3 Å². The zero-order valence-corrected chi connectivity index (χ0v) is 16.9. The average molecular weight is 423 g/mol. The number of carbonyl (C=O) groups is 1. The van der Waals surface area contributed by atoms with Crippen LogP contribution in [0.3, 0.4) is 0 Å². The molecule has 10 nitrogen and oxygen atoms in total. The van der Waals surface area contributed by atoms with Gasteiger partial charge in [0, 0.05) is 6.07 Å². The Morgan fingerprint density at radius 3 is 2.61 bits per heavy atom. The van der Waals surface area contributed by atoms with Crippen LogP contribution in [0, 0.1) is 12.7 Å². The molecule has 0 unspecified atom stereocenters. The molecule has 0 spiro atoms. The molecule has 4 aromatic rings. The molecule has 0 bridgehead atoms. The van der Waals surface area contributed by atoms with Crippen LogP contribution in [0.4, 0.5) is 10.3 Å². The summed E-state index contributed by atoms with van der Waals surface area (Å²) < 4.78 is 25.2. The highest BCUT2D eigenvalue weighted by Crippen LogP contribution is 2.31. The van der Waals surface area contributed by atoms with E-state index in [9.17, 15) is 9.18 Å². The molecule has 1 amide bonds. The third-order valence-corrected chi connectivity index (χ3v) is 4.56. The third kappa shape index (κ3) is 3.92. The fourth-order valence-corrected chi connectivity index (χ4v) is 2.96. The molecule has 2 aromatic carbocycles. The number of hydrogen-bond acceptors (Lipinski definition) is 7. The number of nitrogens with zero attached hydrogens (tertiary/aromatic N) is 5. The molecule has 4 rings (SSSR count). The Labute approximate surface area is 176 Å². The number of anilines is 1. The first kappa shape index (κ1) is 20.0. The Kier molecular flexibility index (Phi) is 5.31. The fourth-order valence-electron chi connectivity index (χ4n) is 2.96. The Hall–Kier alpha value is -4.28. The van der Waals surface area contributed by atoms with E-state index in [-0.39, 0.29) is 17.5 Å². The summed E-state index contributed by atoms with van der Waals surface area (Å²) in [6, 6.07) is 10.9. The summed E-state index contributed by atoms with van der Waals surface area (Å²) in [5, 5.41) is 17.3. The van der Waals surface area contributed by atoms with Crippen molar-refractivity contribution in [2.45, 2.75) is 6.92 Å². The molecule has 0 aliphatic heterocycles. The topological polar surface area (TPSA) is 120 Å². The van der Waals surface area contributed by atoms with Crippen molar-refractivity contribution >= 4 is 11.9 Å². The van der Waals surface area contributed by atoms with Crippen molar-refractivity contribution in [3.05, 3.63) is 59.7 Å². The summed E-state index contributed by atoms with van der Waals surface area (Å²) in [7, 11) is 3.09. The first-order valence-corrected chi connectivity index (χ1v) is 9.14. The molecule has 2 heterocycles. The van der Waals surface area contributed by atoms with Gasteiger partial charge < -0.3 is 9.47 Å². The Bertz CT molecular complexity index is 1230. The number of ether oxygens (including phenoxy) is 2. The molecule has 0 aliphatic rings. The van der Waals surface area contributed by atoms with E-state index in [0.717, 1.165) is 0 Å². The van der Waals surface area contributed by atoms with Gasteiger partial charge in [-0.05, 0) is 43.3 Å². The predicted octanol–water partition coefficient (Wildman–Crippen LogP) is 2.77. The van der Waals surface area contributed by atoms with Crippen LogP contribution in [-0.2, 0) is 0 Å². The number of rotatable bonds is 6. The van der Waals surface area contributed by atoms with Crippen molar-refractivity contribution in [2.24, 2.45) is 0 Å². The minimum absolute atomic E-state index is 0.0635. The number of amides is 1. The largest absolute Gasteiger partial charge is 0.497 e. The first-order chi connectivity index (χ1) is 15.0. The molecular formula is C20H18FN7O3. The fraction of sp³-hybridized carbons (Fsp3) is 0.150. The first-order valence-electron chi connectivity index (χ1n) is 9.14. The third-order valence-electron chi connectivity index (χ3n) is 4.56. The van der Waals surface area contributed by atoms with Crippen LogP contribution in [-0.4, -0.2) is 50.3 Å². The Morgan fingerprint density at radius 1 is 1.13 bits per heavy atom. The van der Waals surface area contributed by atoms with Gasteiger partial charge in [-0.25, -0.2) is 9.07 Å². The van der Waals surface area contributed by atoms with Crippen molar-refractivity contribution in [3.8, 4) is 28.6 Å². The molecule has 0 saturated heterocycles. The maximum Gasteiger partial charge on any atom is 0.280 e. The molecule has 0 fully saturated rings. The monoisotopic (exact) mass is 423 g/mol. The lowest BCUT2D eigenvalue weighted by Crippen LogP contribution is -2.15. The number of H-pyrrole nitrogens is 1. The molecule has 0 atom stereocenters. The Balaban J connectivity index is 1.54. The summed E-state index contributed by atoms with van der Waals surface area (Å²) in [4.78, 5) is 17.0. The quantitative estimate of drug-likeness (QED) is 0.489. The molecule has 0 radical (unpaired) electrons. The molecular weight excluding hydrogens is 405 g/mol. The van der Waals surface area contributed by atoms with E-state index in [4.69, 9.17) is 9.47 Å². The van der Waals surface area contributed by atoms with Gasteiger partial charge in [0.15, 0.2) is 11.5 Å². The van der Waals surface area contributed by atoms with E-state index >= 15 is 0 Å². The van der Waals surface area contributed by atoms with Crippen molar-refractivity contribution in [1.29, 1.82) is 0 Å². The number of halogens is 1. The zero-order chi connectivity index (χ0) is 22.0. The van der Waals surface area contributed by atoms with Gasteiger partial charge in [0.25, 0.3) is 5.91 Å². The highest BCUT2D eigenvalue weighted by atomic mass is 19.1. The van der Waals surface area contributed by atoms with Crippen LogP contribution in [0.1, 0.15) is 16.2 Å². The SMILES string of the molecule is COc1ccc(-c2nc(NC(=O)c3nnn(-c4ccc(F)cc4)c3C)n[nH]2)c(OC)c1. The standard InChI is InChI=1S/C20H18FN7O3/c1-11-17(24-27-28(11)13-6-4-12(21)5-7-13)19(29)23-20-22-18(25-26-20)15-9-8-14(30-2)10-16(15)31-3/h4-10H,1-3H3,(H2,22,23,25,26,29). The van der Waals surface area contributed by atoms with Crippen molar-refractivity contribution in [3.63, 3.8) is 0 Å². The lowest BCUT2D eigenvalue weighted by atomic mass is 10.2. The smallest absolute Gasteiger partial charge is 0.280 e. The van der Waals surface area contributed by atoms with Crippen molar-refractivity contribution in [1.82, 2.24) is 30.2 Å². The van der Waals surface area contributed by atoms with Crippen LogP contribution in [0.25, 0.3) is 17.1 Å². The van der Waals surface area contributed by atoms with Gasteiger partial charge in [0.05, 0.1) is 31.2 Å². The van der Waals surface area contributed by atoms with Crippen LogP contribution >= 0.6 is 0 Å². The van der Waals surface area contributed by atoms with Crippen LogP contribution in [0.2, 0.25) is 0 Å². The van der Waals surface area contributed by atoms with Crippen LogP contribution in [0.5, 0.6) is 11.5 Å². The van der Waals surface area contributed by atoms with Crippen molar-refractivity contribution < 1.29 is 18.7 Å². The van der Waals surface area contributed by atoms with Gasteiger partial charge in [-0.1, -0.05) is 5.21 Å². The van der Waals surface area contributed by atoms with E-state index in [1.54, 1.807) is 44.4 Å². The van der Waals surface area contributed by atoms with E-state index in [1.807, 2.05) is 0 Å².